The summed E-state index contributed by atoms with van der Waals surface area (Å²) in [7, 11) is -1.76. The molecular weight excluding hydrogens is 288 g/mol. The average molecular weight is 308 g/mol. The van der Waals surface area contributed by atoms with Crippen molar-refractivity contribution in [3.05, 3.63) is 35.4 Å². The Bertz CT molecular complexity index is 620. The Morgan fingerprint density at radius 1 is 1.43 bits per heavy atom. The summed E-state index contributed by atoms with van der Waals surface area (Å²) in [5, 5.41) is 9.06. The van der Waals surface area contributed by atoms with E-state index >= 15 is 0 Å². The van der Waals surface area contributed by atoms with E-state index in [9.17, 15) is 8.42 Å². The van der Waals surface area contributed by atoms with Crippen LogP contribution in [0.15, 0.2) is 24.3 Å². The minimum absolute atomic E-state index is 0.115. The molecule has 21 heavy (non-hydrogen) atoms. The maximum Gasteiger partial charge on any atom is 0.218 e. The maximum absolute atomic E-state index is 12.5. The van der Waals surface area contributed by atoms with Gasteiger partial charge in [-0.1, -0.05) is 18.2 Å². The molecular formula is C15H20N2O3S. The Kier molecular flexibility index (Phi) is 5.34. The van der Waals surface area contributed by atoms with Crippen LogP contribution in [0.4, 0.5) is 0 Å². The van der Waals surface area contributed by atoms with Crippen LogP contribution in [0.25, 0.3) is 0 Å². The second-order valence-corrected chi connectivity index (χ2v) is 7.32. The molecule has 0 bridgehead atoms. The molecule has 1 saturated heterocycles. The first-order chi connectivity index (χ1) is 10.1. The van der Waals surface area contributed by atoms with E-state index in [-0.39, 0.29) is 11.7 Å². The van der Waals surface area contributed by atoms with Crippen molar-refractivity contribution < 1.29 is 13.2 Å². The van der Waals surface area contributed by atoms with Crippen LogP contribution in [-0.2, 0) is 20.5 Å². The summed E-state index contributed by atoms with van der Waals surface area (Å²) in [6.07, 6.45) is 1.85. The Labute approximate surface area is 126 Å². The summed E-state index contributed by atoms with van der Waals surface area (Å²) in [6.45, 7) is 1.64. The molecule has 0 amide bonds. The number of rotatable bonds is 5. The quantitative estimate of drug-likeness (QED) is 0.831. The third-order valence-electron chi connectivity index (χ3n) is 3.75. The number of benzene rings is 1. The van der Waals surface area contributed by atoms with Crippen molar-refractivity contribution in [3.8, 4) is 6.07 Å². The lowest BCUT2D eigenvalue weighted by Gasteiger charge is -2.31. The van der Waals surface area contributed by atoms with E-state index in [1.807, 2.05) is 6.07 Å². The van der Waals surface area contributed by atoms with Crippen molar-refractivity contribution in [2.45, 2.75) is 18.6 Å². The second kappa shape index (κ2) is 7.03. The Balaban J connectivity index is 2.13. The van der Waals surface area contributed by atoms with E-state index in [0.717, 1.165) is 12.8 Å². The third-order valence-corrected chi connectivity index (χ3v) is 5.55. The highest BCUT2D eigenvalue weighted by molar-refractivity contribution is 7.88. The van der Waals surface area contributed by atoms with Crippen LogP contribution in [0, 0.1) is 17.2 Å². The van der Waals surface area contributed by atoms with Crippen molar-refractivity contribution in [1.82, 2.24) is 4.31 Å². The number of ether oxygens (including phenoxy) is 1. The molecule has 0 aliphatic carbocycles. The monoisotopic (exact) mass is 308 g/mol. The number of hydrogen-bond acceptors (Lipinski definition) is 4. The lowest BCUT2D eigenvalue weighted by molar-refractivity contribution is 0.118. The first-order valence-electron chi connectivity index (χ1n) is 7.01. The van der Waals surface area contributed by atoms with E-state index in [1.165, 1.54) is 4.31 Å². The van der Waals surface area contributed by atoms with Gasteiger partial charge in [0, 0.05) is 20.2 Å². The van der Waals surface area contributed by atoms with Crippen LogP contribution in [0.2, 0.25) is 0 Å². The first kappa shape index (κ1) is 16.0. The maximum atomic E-state index is 12.5. The molecule has 0 spiro atoms. The van der Waals surface area contributed by atoms with Gasteiger partial charge in [0.15, 0.2) is 0 Å². The summed E-state index contributed by atoms with van der Waals surface area (Å²) in [4.78, 5) is 0. The van der Waals surface area contributed by atoms with Crippen molar-refractivity contribution in [3.63, 3.8) is 0 Å². The van der Waals surface area contributed by atoms with Gasteiger partial charge in [0.25, 0.3) is 0 Å². The van der Waals surface area contributed by atoms with Crippen LogP contribution in [0.1, 0.15) is 24.0 Å². The van der Waals surface area contributed by atoms with Crippen LogP contribution >= 0.6 is 0 Å². The Morgan fingerprint density at radius 3 is 2.90 bits per heavy atom. The second-order valence-electron chi connectivity index (χ2n) is 5.35. The number of sulfonamides is 1. The van der Waals surface area contributed by atoms with Crippen LogP contribution in [-0.4, -0.2) is 39.5 Å². The molecule has 1 aliphatic heterocycles. The van der Waals surface area contributed by atoms with Crippen molar-refractivity contribution in [1.29, 1.82) is 5.26 Å². The smallest absolute Gasteiger partial charge is 0.218 e. The average Bonchev–Trinajstić information content (AvgIpc) is 2.48. The van der Waals surface area contributed by atoms with Gasteiger partial charge >= 0.3 is 0 Å². The standard InChI is InChI=1S/C15H20N2O3S/c1-20-11-13-5-4-8-17(10-13)21(18,19)12-15-7-3-2-6-14(15)9-16/h2-3,6-7,13H,4-5,8,10-12H2,1H3. The molecule has 1 aliphatic rings. The van der Waals surface area contributed by atoms with Gasteiger partial charge < -0.3 is 4.74 Å². The highest BCUT2D eigenvalue weighted by Gasteiger charge is 2.29. The highest BCUT2D eigenvalue weighted by atomic mass is 32.2. The Hall–Kier alpha value is -1.42. The van der Waals surface area contributed by atoms with Crippen molar-refractivity contribution in [2.24, 2.45) is 5.92 Å². The molecule has 0 aromatic heterocycles. The lowest BCUT2D eigenvalue weighted by Crippen LogP contribution is -2.41. The summed E-state index contributed by atoms with van der Waals surface area (Å²) < 4.78 is 31.8. The zero-order valence-corrected chi connectivity index (χ0v) is 13.0. The largest absolute Gasteiger partial charge is 0.384 e. The third kappa shape index (κ3) is 4.03. The fourth-order valence-electron chi connectivity index (χ4n) is 2.69. The minimum Gasteiger partial charge on any atom is -0.384 e. The molecule has 5 nitrogen and oxygen atoms in total. The van der Waals surface area contributed by atoms with E-state index in [1.54, 1.807) is 31.4 Å². The van der Waals surface area contributed by atoms with Crippen LogP contribution in [0.3, 0.4) is 0 Å². The van der Waals surface area contributed by atoms with Crippen molar-refractivity contribution >= 4 is 10.0 Å². The molecule has 1 aromatic carbocycles. The molecule has 0 N–H and O–H groups in total. The molecule has 6 heteroatoms. The number of nitriles is 1. The zero-order valence-electron chi connectivity index (χ0n) is 12.2. The molecule has 0 saturated carbocycles. The zero-order chi connectivity index (χ0) is 15.3. The minimum atomic E-state index is -3.39. The van der Waals surface area contributed by atoms with Gasteiger partial charge in [-0.25, -0.2) is 12.7 Å². The summed E-state index contributed by atoms with van der Waals surface area (Å²) in [6, 6.07) is 8.90. The number of nitrogens with zero attached hydrogens (tertiary/aromatic N) is 2. The van der Waals surface area contributed by atoms with Gasteiger partial charge in [-0.15, -0.1) is 0 Å². The van der Waals surface area contributed by atoms with Crippen LogP contribution in [0.5, 0.6) is 0 Å². The van der Waals surface area contributed by atoms with Gasteiger partial charge in [-0.05, 0) is 30.4 Å². The molecule has 1 fully saturated rings. The van der Waals surface area contributed by atoms with Gasteiger partial charge in [-0.3, -0.25) is 0 Å². The lowest BCUT2D eigenvalue weighted by atomic mass is 10.0. The number of methoxy groups -OCH3 is 1. The van der Waals surface area contributed by atoms with Gasteiger partial charge in [0.1, 0.15) is 0 Å². The molecule has 2 rings (SSSR count). The van der Waals surface area contributed by atoms with Gasteiger partial charge in [0.05, 0.1) is 24.0 Å². The SMILES string of the molecule is COCC1CCCN(S(=O)(=O)Cc2ccccc2C#N)C1. The summed E-state index contributed by atoms with van der Waals surface area (Å²) >= 11 is 0. The summed E-state index contributed by atoms with van der Waals surface area (Å²) in [5.41, 5.74) is 0.986. The predicted molar refractivity (Wildman–Crippen MR) is 80.0 cm³/mol. The fraction of sp³-hybridized carbons (Fsp3) is 0.533. The summed E-state index contributed by atoms with van der Waals surface area (Å²) in [5.74, 6) is 0.140. The van der Waals surface area contributed by atoms with E-state index in [2.05, 4.69) is 0 Å². The van der Waals surface area contributed by atoms with Gasteiger partial charge in [0.2, 0.25) is 10.0 Å². The number of hydrogen-bond donors (Lipinski definition) is 0. The molecule has 1 aromatic rings. The number of piperidine rings is 1. The van der Waals surface area contributed by atoms with Crippen LogP contribution < -0.4 is 0 Å². The fourth-order valence-corrected chi connectivity index (χ4v) is 4.37. The van der Waals surface area contributed by atoms with Gasteiger partial charge in [-0.2, -0.15) is 5.26 Å². The highest BCUT2D eigenvalue weighted by Crippen LogP contribution is 2.22. The van der Waals surface area contributed by atoms with Crippen molar-refractivity contribution in [2.75, 3.05) is 26.8 Å². The van der Waals surface area contributed by atoms with E-state index in [0.29, 0.717) is 30.8 Å². The molecule has 114 valence electrons. The first-order valence-corrected chi connectivity index (χ1v) is 8.62. The Morgan fingerprint density at radius 2 is 2.19 bits per heavy atom. The molecule has 1 atom stereocenters. The topological polar surface area (TPSA) is 70.4 Å². The molecule has 1 heterocycles. The predicted octanol–water partition coefficient (Wildman–Crippen LogP) is 1.75. The normalized spacial score (nSPS) is 20.1. The van der Waals surface area contributed by atoms with E-state index in [4.69, 9.17) is 10.00 Å². The van der Waals surface area contributed by atoms with E-state index < -0.39 is 10.0 Å². The molecule has 0 radical (unpaired) electrons. The molecule has 1 unspecified atom stereocenters.